The van der Waals surface area contributed by atoms with Crippen LogP contribution in [0.1, 0.15) is 36.8 Å². The van der Waals surface area contributed by atoms with Gasteiger partial charge in [-0.05, 0) is 75.9 Å². The molecule has 1 aliphatic heterocycles. The summed E-state index contributed by atoms with van der Waals surface area (Å²) in [6.07, 6.45) is 4.18. The summed E-state index contributed by atoms with van der Waals surface area (Å²) in [7, 11) is 4.05. The molecule has 1 aromatic rings. The quantitative estimate of drug-likeness (QED) is 0.768. The molecule has 1 fully saturated rings. The fraction of sp³-hybridized carbons (Fsp3) is 0.650. The Labute approximate surface area is 146 Å². The Morgan fingerprint density at radius 2 is 2.00 bits per heavy atom. The summed E-state index contributed by atoms with van der Waals surface area (Å²) in [4.78, 5) is 16.5. The summed E-state index contributed by atoms with van der Waals surface area (Å²) in [5, 5.41) is 0. The van der Waals surface area contributed by atoms with Crippen LogP contribution >= 0.6 is 0 Å². The molecular formula is C20H32N2O2. The van der Waals surface area contributed by atoms with E-state index in [1.54, 1.807) is 4.90 Å². The first kappa shape index (κ1) is 18.8. The molecule has 1 saturated heterocycles. The van der Waals surface area contributed by atoms with Crippen molar-refractivity contribution >= 4 is 5.91 Å². The first-order valence-electron chi connectivity index (χ1n) is 9.07. The third-order valence-corrected chi connectivity index (χ3v) is 4.80. The largest absolute Gasteiger partial charge is 0.492 e. The van der Waals surface area contributed by atoms with Gasteiger partial charge in [0.2, 0.25) is 5.91 Å². The summed E-state index contributed by atoms with van der Waals surface area (Å²) >= 11 is 0. The van der Waals surface area contributed by atoms with Crippen LogP contribution in [0.4, 0.5) is 0 Å². The van der Waals surface area contributed by atoms with Crippen LogP contribution in [0.3, 0.4) is 0 Å². The fourth-order valence-electron chi connectivity index (χ4n) is 3.47. The van der Waals surface area contributed by atoms with Gasteiger partial charge in [-0.2, -0.15) is 0 Å². The van der Waals surface area contributed by atoms with Gasteiger partial charge in [-0.3, -0.25) is 4.79 Å². The van der Waals surface area contributed by atoms with Crippen LogP contribution in [0, 0.1) is 19.8 Å². The Bertz CT molecular complexity index is 524. The molecule has 0 radical (unpaired) electrons. The van der Waals surface area contributed by atoms with Crippen LogP contribution in [0.15, 0.2) is 18.2 Å². The normalized spacial score (nSPS) is 18.4. The predicted octanol–water partition coefficient (Wildman–Crippen LogP) is 3.26. The third kappa shape index (κ3) is 6.16. The van der Waals surface area contributed by atoms with Gasteiger partial charge in [0.05, 0.1) is 6.54 Å². The summed E-state index contributed by atoms with van der Waals surface area (Å²) in [5.41, 5.74) is 2.40. The number of hydrogen-bond donors (Lipinski definition) is 0. The molecule has 0 saturated carbocycles. The number of nitrogens with zero attached hydrogens (tertiary/aromatic N) is 2. The van der Waals surface area contributed by atoms with Gasteiger partial charge in [0.15, 0.2) is 0 Å². The minimum atomic E-state index is 0.229. The number of carbonyl (C=O) groups is 1. The predicted molar refractivity (Wildman–Crippen MR) is 98.5 cm³/mol. The summed E-state index contributed by atoms with van der Waals surface area (Å²) in [6, 6.07) is 6.20. The van der Waals surface area contributed by atoms with Crippen molar-refractivity contribution in [2.45, 2.75) is 39.5 Å². The summed E-state index contributed by atoms with van der Waals surface area (Å²) < 4.78 is 5.80. The zero-order valence-electron chi connectivity index (χ0n) is 15.7. The van der Waals surface area contributed by atoms with Gasteiger partial charge in [0.1, 0.15) is 12.4 Å². The number of rotatable bonds is 7. The molecular weight excluding hydrogens is 300 g/mol. The monoisotopic (exact) mass is 332 g/mol. The zero-order valence-corrected chi connectivity index (χ0v) is 15.7. The number of likely N-dealkylation sites (tertiary alicyclic amines) is 1. The minimum Gasteiger partial charge on any atom is -0.492 e. The van der Waals surface area contributed by atoms with Crippen molar-refractivity contribution in [3.63, 3.8) is 0 Å². The van der Waals surface area contributed by atoms with Gasteiger partial charge in [0, 0.05) is 20.0 Å². The summed E-state index contributed by atoms with van der Waals surface area (Å²) in [6.45, 7) is 7.64. The van der Waals surface area contributed by atoms with E-state index in [-0.39, 0.29) is 5.91 Å². The van der Waals surface area contributed by atoms with Crippen molar-refractivity contribution < 1.29 is 9.53 Å². The molecule has 1 aliphatic rings. The first-order valence-corrected chi connectivity index (χ1v) is 9.07. The lowest BCUT2D eigenvalue weighted by atomic mass is 9.93. The molecule has 0 spiro atoms. The van der Waals surface area contributed by atoms with Crippen molar-refractivity contribution in [2.75, 3.05) is 40.3 Å². The smallest absolute Gasteiger partial charge is 0.222 e. The Balaban J connectivity index is 1.67. The highest BCUT2D eigenvalue weighted by atomic mass is 16.5. The van der Waals surface area contributed by atoms with Crippen LogP contribution in [0.25, 0.3) is 0 Å². The average Bonchev–Trinajstić information content (AvgIpc) is 2.51. The minimum absolute atomic E-state index is 0.229. The molecule has 0 N–H and O–H groups in total. The van der Waals surface area contributed by atoms with E-state index in [4.69, 9.17) is 4.74 Å². The number of aryl methyl sites for hydroxylation is 2. The molecule has 2 rings (SSSR count). The Morgan fingerprint density at radius 3 is 2.67 bits per heavy atom. The van der Waals surface area contributed by atoms with E-state index in [2.05, 4.69) is 31.9 Å². The topological polar surface area (TPSA) is 32.8 Å². The average molecular weight is 332 g/mol. The van der Waals surface area contributed by atoms with E-state index in [0.29, 0.717) is 25.5 Å². The van der Waals surface area contributed by atoms with Gasteiger partial charge in [-0.1, -0.05) is 6.07 Å². The molecule has 1 atom stereocenters. The lowest BCUT2D eigenvalue weighted by Crippen LogP contribution is -2.34. The number of piperidine rings is 1. The van der Waals surface area contributed by atoms with Crippen molar-refractivity contribution in [3.8, 4) is 5.75 Å². The van der Waals surface area contributed by atoms with Crippen molar-refractivity contribution in [2.24, 2.45) is 5.92 Å². The number of likely N-dealkylation sites (N-methyl/N-ethyl adjacent to an activating group) is 1. The van der Waals surface area contributed by atoms with Gasteiger partial charge < -0.3 is 14.5 Å². The molecule has 1 aromatic carbocycles. The van der Waals surface area contributed by atoms with Crippen molar-refractivity contribution in [1.82, 2.24) is 9.80 Å². The number of amides is 1. The highest BCUT2D eigenvalue weighted by molar-refractivity contribution is 5.75. The van der Waals surface area contributed by atoms with Gasteiger partial charge >= 0.3 is 0 Å². The van der Waals surface area contributed by atoms with E-state index in [0.717, 1.165) is 18.7 Å². The van der Waals surface area contributed by atoms with Crippen LogP contribution < -0.4 is 4.74 Å². The van der Waals surface area contributed by atoms with Crippen LogP contribution in [0.5, 0.6) is 5.75 Å². The molecule has 1 heterocycles. The maximum absolute atomic E-state index is 12.3. The van der Waals surface area contributed by atoms with Gasteiger partial charge in [-0.25, -0.2) is 0 Å². The molecule has 1 amide bonds. The highest BCUT2D eigenvalue weighted by Crippen LogP contribution is 2.20. The Hall–Kier alpha value is -1.55. The third-order valence-electron chi connectivity index (χ3n) is 4.80. The van der Waals surface area contributed by atoms with E-state index >= 15 is 0 Å². The van der Waals surface area contributed by atoms with E-state index < -0.39 is 0 Å². The molecule has 0 aromatic heterocycles. The second-order valence-corrected chi connectivity index (χ2v) is 7.30. The maximum Gasteiger partial charge on any atom is 0.222 e. The molecule has 0 aliphatic carbocycles. The number of benzene rings is 1. The second-order valence-electron chi connectivity index (χ2n) is 7.30. The van der Waals surface area contributed by atoms with E-state index in [1.807, 2.05) is 19.2 Å². The van der Waals surface area contributed by atoms with Crippen molar-refractivity contribution in [1.29, 1.82) is 0 Å². The molecule has 0 bridgehead atoms. The van der Waals surface area contributed by atoms with Gasteiger partial charge in [-0.15, -0.1) is 0 Å². The molecule has 4 nitrogen and oxygen atoms in total. The SMILES string of the molecule is Cc1cc(C)cc(OCCN(C)C(=O)CC[C@@H]2CCCN(C)C2)c1. The van der Waals surface area contributed by atoms with Crippen molar-refractivity contribution in [3.05, 3.63) is 29.3 Å². The zero-order chi connectivity index (χ0) is 17.5. The van der Waals surface area contributed by atoms with Crippen LogP contribution in [-0.4, -0.2) is 56.0 Å². The van der Waals surface area contributed by atoms with E-state index in [9.17, 15) is 4.79 Å². The first-order chi connectivity index (χ1) is 11.4. The molecule has 0 unspecified atom stereocenters. The van der Waals surface area contributed by atoms with Crippen LogP contribution in [0.2, 0.25) is 0 Å². The maximum atomic E-state index is 12.3. The lowest BCUT2D eigenvalue weighted by Gasteiger charge is -2.29. The number of hydrogen-bond acceptors (Lipinski definition) is 3. The second kappa shape index (κ2) is 9.07. The van der Waals surface area contributed by atoms with E-state index in [1.165, 1.54) is 30.5 Å². The highest BCUT2D eigenvalue weighted by Gasteiger charge is 2.19. The van der Waals surface area contributed by atoms with Crippen LogP contribution in [-0.2, 0) is 4.79 Å². The molecule has 24 heavy (non-hydrogen) atoms. The molecule has 134 valence electrons. The Kier molecular flexibility index (Phi) is 7.10. The summed E-state index contributed by atoms with van der Waals surface area (Å²) in [5.74, 6) is 1.79. The lowest BCUT2D eigenvalue weighted by molar-refractivity contribution is -0.130. The fourth-order valence-corrected chi connectivity index (χ4v) is 3.47. The van der Waals surface area contributed by atoms with Gasteiger partial charge in [0.25, 0.3) is 0 Å². The standard InChI is InChI=1S/C20H32N2O2/c1-16-12-17(2)14-19(13-16)24-11-10-22(4)20(23)8-7-18-6-5-9-21(3)15-18/h12-14,18H,5-11,15H2,1-4H3/t18-/m0/s1. The molecule has 4 heteroatoms. The number of carbonyl (C=O) groups excluding carboxylic acids is 1. The number of ether oxygens (including phenoxy) is 1. The Morgan fingerprint density at radius 1 is 1.29 bits per heavy atom.